The van der Waals surface area contributed by atoms with Crippen LogP contribution in [-0.4, -0.2) is 122 Å². The van der Waals surface area contributed by atoms with E-state index in [-0.39, 0.29) is 122 Å². The number of hydrogen-bond acceptors (Lipinski definition) is 0. The molecule has 0 aliphatic heterocycles. The smallest absolute Gasteiger partial charge is 2.00 e. The van der Waals surface area contributed by atoms with Crippen molar-refractivity contribution >= 4 is 122 Å². The molecule has 0 saturated carbocycles. The van der Waals surface area contributed by atoms with Gasteiger partial charge in [-0.25, -0.2) is 0 Å². The maximum absolute atomic E-state index is 0. The van der Waals surface area contributed by atoms with Crippen LogP contribution in [0, 0.1) is 0 Å². The molecule has 44 valence electrons. The van der Waals surface area contributed by atoms with Crippen LogP contribution in [0.1, 0.15) is 0 Å². The third-order valence-electron chi connectivity index (χ3n) is 0. The molecule has 7 heavy (non-hydrogen) atoms. The molecule has 0 saturated heterocycles. The zero-order valence-electron chi connectivity index (χ0n) is 2.12. The Bertz CT molecular complexity index is 10.9. The van der Waals surface area contributed by atoms with E-state index in [2.05, 4.69) is 0 Å². The van der Waals surface area contributed by atoms with Crippen molar-refractivity contribution in [3.8, 4) is 0 Å². The van der Waals surface area contributed by atoms with Crippen molar-refractivity contribution in [1.29, 1.82) is 0 Å². The largest absolute Gasteiger partial charge is 3.00 e. The molecular weight excluding hydrogens is 537 g/mol. The first-order chi connectivity index (χ1) is 0. The minimum absolute atomic E-state index is 0. The minimum Gasteiger partial charge on any atom is -2.00 e. The maximum Gasteiger partial charge on any atom is 3.00 e. The monoisotopic (exact) mass is 546 g/mol. The van der Waals surface area contributed by atoms with Gasteiger partial charge >= 0.3 is 48.9 Å². The van der Waals surface area contributed by atoms with Crippen LogP contribution in [0.4, 0.5) is 0 Å². The SMILES string of the molecule is [Sb+3].[Sb+3].[Se-2].[Se-2].[Se-2].[SiH4].[SiH4]. The number of rotatable bonds is 0. The molecule has 0 amide bonds. The summed E-state index contributed by atoms with van der Waals surface area (Å²) in [5.41, 5.74) is 0. The van der Waals surface area contributed by atoms with Crippen LogP contribution < -0.4 is 0 Å². The Morgan fingerprint density at radius 3 is 0.429 bits per heavy atom. The van der Waals surface area contributed by atoms with Gasteiger partial charge in [-0.05, 0) is 21.9 Å². The summed E-state index contributed by atoms with van der Waals surface area (Å²) in [5.74, 6) is 0. The van der Waals surface area contributed by atoms with Gasteiger partial charge in [0, 0.05) is 0 Å². The molecule has 7 heteroatoms. The van der Waals surface area contributed by atoms with Crippen molar-refractivity contribution in [3.63, 3.8) is 0 Å². The third kappa shape index (κ3) is 42.6. The fourth-order valence-electron chi connectivity index (χ4n) is 0. The minimum atomic E-state index is 0. The van der Waals surface area contributed by atoms with E-state index in [1.54, 1.807) is 0 Å². The van der Waals surface area contributed by atoms with E-state index < -0.39 is 0 Å². The second-order valence-corrected chi connectivity index (χ2v) is 0. The average Bonchev–Trinajstić information content (AvgIpc) is 0. The Morgan fingerprint density at radius 2 is 0.429 bits per heavy atom. The van der Waals surface area contributed by atoms with Gasteiger partial charge < -0.3 is 51.2 Å². The van der Waals surface area contributed by atoms with E-state index in [1.165, 1.54) is 0 Å². The Morgan fingerprint density at radius 1 is 0.429 bits per heavy atom. The van der Waals surface area contributed by atoms with Gasteiger partial charge in [0.1, 0.15) is 0 Å². The summed E-state index contributed by atoms with van der Waals surface area (Å²) in [6.07, 6.45) is 0. The zero-order chi connectivity index (χ0) is 0. The summed E-state index contributed by atoms with van der Waals surface area (Å²) in [7, 11) is 0. The molecule has 0 aliphatic rings. The molecule has 0 unspecified atom stereocenters. The fourth-order valence-corrected chi connectivity index (χ4v) is 0. The van der Waals surface area contributed by atoms with Gasteiger partial charge in [0.15, 0.2) is 0 Å². The van der Waals surface area contributed by atoms with Crippen LogP contribution in [0.15, 0.2) is 0 Å². The van der Waals surface area contributed by atoms with Gasteiger partial charge in [-0.1, -0.05) is 0 Å². The molecule has 0 rings (SSSR count). The number of hydrogen-bond donors (Lipinski definition) is 0. The third-order valence-corrected chi connectivity index (χ3v) is 0. The van der Waals surface area contributed by atoms with Gasteiger partial charge in [-0.2, -0.15) is 0 Å². The van der Waals surface area contributed by atoms with Crippen LogP contribution in [-0.2, 0) is 0 Å². The van der Waals surface area contributed by atoms with E-state index in [1.807, 2.05) is 0 Å². The molecule has 0 N–H and O–H groups in total. The van der Waals surface area contributed by atoms with Gasteiger partial charge in [0.05, 0.1) is 0 Å². The molecule has 0 fully saturated rings. The summed E-state index contributed by atoms with van der Waals surface area (Å²) < 4.78 is 0. The molecule has 4 radical (unpaired) electrons. The summed E-state index contributed by atoms with van der Waals surface area (Å²) >= 11 is 0. The van der Waals surface area contributed by atoms with Crippen molar-refractivity contribution in [2.75, 3.05) is 0 Å². The summed E-state index contributed by atoms with van der Waals surface area (Å²) in [6, 6.07) is 0. The molecule has 0 atom stereocenters. The van der Waals surface area contributed by atoms with Gasteiger partial charge in [0.25, 0.3) is 0 Å². The van der Waals surface area contributed by atoms with Gasteiger partial charge in [0.2, 0.25) is 0 Å². The van der Waals surface area contributed by atoms with Crippen molar-refractivity contribution < 1.29 is 0 Å². The van der Waals surface area contributed by atoms with Crippen molar-refractivity contribution in [1.82, 2.24) is 0 Å². The first-order valence-corrected chi connectivity index (χ1v) is 0. The molecule has 0 aromatic rings. The van der Waals surface area contributed by atoms with Gasteiger partial charge in [-0.3, -0.25) is 0 Å². The second-order valence-electron chi connectivity index (χ2n) is 0. The average molecular weight is 545 g/mol. The molecule has 0 aromatic heterocycles. The van der Waals surface area contributed by atoms with Crippen LogP contribution in [0.5, 0.6) is 0 Å². The summed E-state index contributed by atoms with van der Waals surface area (Å²) in [5, 5.41) is 0. The molecule has 0 bridgehead atoms. The summed E-state index contributed by atoms with van der Waals surface area (Å²) in [6.45, 7) is 0. The van der Waals surface area contributed by atoms with Crippen molar-refractivity contribution in [2.24, 2.45) is 0 Å². The van der Waals surface area contributed by atoms with E-state index in [0.717, 1.165) is 0 Å². The van der Waals surface area contributed by atoms with Crippen LogP contribution in [0.25, 0.3) is 0 Å². The molecule has 0 nitrogen and oxygen atoms in total. The fraction of sp³-hybridized carbons (Fsp3) is 0. The molecule has 0 spiro atoms. The first-order valence-electron chi connectivity index (χ1n) is 0. The Labute approximate surface area is 120 Å². The second kappa shape index (κ2) is 54.4. The standard InChI is InChI=1S/2Sb.3Se.2H4Si/h;;;;;2*1H4/q2*+3;3*-2;;. The predicted octanol–water partition coefficient (Wildman–Crippen LogP) is -4.81. The van der Waals surface area contributed by atoms with Crippen LogP contribution in [0.2, 0.25) is 0 Å². The molecular formula is H8Sb2Se3Si2. The Balaban J connectivity index is 0. The van der Waals surface area contributed by atoms with Crippen molar-refractivity contribution in [2.45, 2.75) is 0 Å². The first kappa shape index (κ1) is 74.8. The van der Waals surface area contributed by atoms with Gasteiger partial charge in [-0.15, -0.1) is 0 Å². The van der Waals surface area contributed by atoms with E-state index in [4.69, 9.17) is 0 Å². The van der Waals surface area contributed by atoms with Crippen molar-refractivity contribution in [3.05, 3.63) is 0 Å². The normalized spacial score (nSPS) is 0. The van der Waals surface area contributed by atoms with Crippen LogP contribution in [0.3, 0.4) is 0 Å². The summed E-state index contributed by atoms with van der Waals surface area (Å²) in [4.78, 5) is 0. The Kier molecular flexibility index (Phi) is 582. The van der Waals surface area contributed by atoms with E-state index in [9.17, 15) is 0 Å². The Hall–Kier alpha value is 3.63. The van der Waals surface area contributed by atoms with E-state index in [0.29, 0.717) is 0 Å². The van der Waals surface area contributed by atoms with E-state index >= 15 is 0 Å². The molecule has 0 heterocycles. The zero-order valence-corrected chi connectivity index (χ0v) is 12.4. The van der Waals surface area contributed by atoms with Crippen LogP contribution >= 0.6 is 0 Å². The molecule has 0 aliphatic carbocycles. The maximum atomic E-state index is 0. The molecule has 0 aromatic carbocycles. The predicted molar refractivity (Wildman–Crippen MR) is 51.4 cm³/mol. The topological polar surface area (TPSA) is 0 Å². The quantitative estimate of drug-likeness (QED) is 0.269.